The Labute approximate surface area is 179 Å². The van der Waals surface area contributed by atoms with Gasteiger partial charge in [-0.3, -0.25) is 9.69 Å². The SMILES string of the molecule is CCc1cccc(CC)c1NC(=O)CN1CCN(S(=O)(=O)c2ccc(C)cc2)CC1. The van der Waals surface area contributed by atoms with E-state index in [4.69, 9.17) is 0 Å². The summed E-state index contributed by atoms with van der Waals surface area (Å²) in [6.07, 6.45) is 1.72. The predicted molar refractivity (Wildman–Crippen MR) is 120 cm³/mol. The summed E-state index contributed by atoms with van der Waals surface area (Å²) in [6, 6.07) is 13.0. The smallest absolute Gasteiger partial charge is 0.243 e. The maximum atomic E-state index is 12.8. The average Bonchev–Trinajstić information content (AvgIpc) is 2.74. The van der Waals surface area contributed by atoms with Crippen LogP contribution in [-0.4, -0.2) is 56.3 Å². The number of amides is 1. The van der Waals surface area contributed by atoms with Crippen LogP contribution in [0, 0.1) is 6.92 Å². The van der Waals surface area contributed by atoms with Crippen molar-refractivity contribution in [3.8, 4) is 0 Å². The zero-order chi connectivity index (χ0) is 21.7. The van der Waals surface area contributed by atoms with E-state index in [2.05, 4.69) is 19.2 Å². The molecular formula is C23H31N3O3S. The maximum absolute atomic E-state index is 12.8. The molecule has 2 aromatic carbocycles. The molecule has 0 saturated carbocycles. The van der Waals surface area contributed by atoms with Gasteiger partial charge in [0.1, 0.15) is 0 Å². The molecule has 3 rings (SSSR count). The third kappa shape index (κ3) is 5.09. The number of nitrogens with zero attached hydrogens (tertiary/aromatic N) is 2. The Morgan fingerprint density at radius 1 is 0.933 bits per heavy atom. The van der Waals surface area contributed by atoms with Gasteiger partial charge in [0.2, 0.25) is 15.9 Å². The van der Waals surface area contributed by atoms with Gasteiger partial charge < -0.3 is 5.32 Å². The molecule has 7 heteroatoms. The lowest BCUT2D eigenvalue weighted by molar-refractivity contribution is -0.117. The number of carbonyl (C=O) groups excluding carboxylic acids is 1. The van der Waals surface area contributed by atoms with Crippen LogP contribution in [0.15, 0.2) is 47.4 Å². The highest BCUT2D eigenvalue weighted by molar-refractivity contribution is 7.89. The maximum Gasteiger partial charge on any atom is 0.243 e. The molecule has 0 spiro atoms. The number of benzene rings is 2. The second-order valence-corrected chi connectivity index (χ2v) is 9.64. The van der Waals surface area contributed by atoms with E-state index < -0.39 is 10.0 Å². The van der Waals surface area contributed by atoms with Gasteiger partial charge in [0.15, 0.2) is 0 Å². The number of carbonyl (C=O) groups is 1. The van der Waals surface area contributed by atoms with Crippen molar-refractivity contribution in [3.05, 3.63) is 59.2 Å². The van der Waals surface area contributed by atoms with Crippen molar-refractivity contribution in [2.75, 3.05) is 38.0 Å². The Bertz CT molecular complexity index is 957. The molecule has 1 N–H and O–H groups in total. The molecule has 0 unspecified atom stereocenters. The summed E-state index contributed by atoms with van der Waals surface area (Å²) in [5.41, 5.74) is 4.22. The van der Waals surface area contributed by atoms with Crippen molar-refractivity contribution in [3.63, 3.8) is 0 Å². The molecule has 1 saturated heterocycles. The van der Waals surface area contributed by atoms with E-state index in [0.717, 1.165) is 35.2 Å². The Morgan fingerprint density at radius 3 is 2.03 bits per heavy atom. The summed E-state index contributed by atoms with van der Waals surface area (Å²) in [7, 11) is -3.49. The fraction of sp³-hybridized carbons (Fsp3) is 0.435. The molecule has 1 amide bonds. The van der Waals surface area contributed by atoms with Crippen molar-refractivity contribution in [1.29, 1.82) is 0 Å². The van der Waals surface area contributed by atoms with E-state index >= 15 is 0 Å². The Morgan fingerprint density at radius 2 is 1.50 bits per heavy atom. The van der Waals surface area contributed by atoms with Crippen LogP contribution in [-0.2, 0) is 27.7 Å². The Balaban J connectivity index is 1.59. The summed E-state index contributed by atoms with van der Waals surface area (Å²) in [5, 5.41) is 3.09. The molecule has 1 aliphatic rings. The van der Waals surface area contributed by atoms with Crippen LogP contribution in [0.5, 0.6) is 0 Å². The molecular weight excluding hydrogens is 398 g/mol. The second-order valence-electron chi connectivity index (χ2n) is 7.70. The third-order valence-corrected chi connectivity index (χ3v) is 7.53. The molecule has 0 atom stereocenters. The number of anilines is 1. The molecule has 0 radical (unpaired) electrons. The van der Waals surface area contributed by atoms with Gasteiger partial charge >= 0.3 is 0 Å². The molecule has 1 aliphatic heterocycles. The van der Waals surface area contributed by atoms with E-state index in [1.54, 1.807) is 12.1 Å². The topological polar surface area (TPSA) is 69.7 Å². The first-order chi connectivity index (χ1) is 14.3. The van der Waals surface area contributed by atoms with E-state index in [1.165, 1.54) is 4.31 Å². The van der Waals surface area contributed by atoms with Gasteiger partial charge in [-0.15, -0.1) is 0 Å². The quantitative estimate of drug-likeness (QED) is 0.734. The number of rotatable bonds is 7. The molecule has 2 aromatic rings. The number of sulfonamides is 1. The zero-order valence-corrected chi connectivity index (χ0v) is 18.8. The normalized spacial score (nSPS) is 15.8. The van der Waals surface area contributed by atoms with Crippen molar-refractivity contribution >= 4 is 21.6 Å². The first-order valence-electron chi connectivity index (χ1n) is 10.5. The second kappa shape index (κ2) is 9.73. The van der Waals surface area contributed by atoms with E-state index in [0.29, 0.717) is 31.1 Å². The van der Waals surface area contributed by atoms with Gasteiger partial charge in [-0.05, 0) is 43.0 Å². The molecule has 0 aromatic heterocycles. The van der Waals surface area contributed by atoms with Crippen LogP contribution in [0.25, 0.3) is 0 Å². The lowest BCUT2D eigenvalue weighted by Gasteiger charge is -2.33. The third-order valence-electron chi connectivity index (χ3n) is 5.62. The molecule has 6 nitrogen and oxygen atoms in total. The fourth-order valence-electron chi connectivity index (χ4n) is 3.77. The lowest BCUT2D eigenvalue weighted by atomic mass is 10.0. The molecule has 1 fully saturated rings. The number of piperazine rings is 1. The highest BCUT2D eigenvalue weighted by Gasteiger charge is 2.29. The van der Waals surface area contributed by atoms with E-state index in [-0.39, 0.29) is 12.5 Å². The summed E-state index contributed by atoms with van der Waals surface area (Å²) < 4.78 is 27.2. The number of aryl methyl sites for hydroxylation is 3. The predicted octanol–water partition coefficient (Wildman–Crippen LogP) is 3.06. The number of hydrogen-bond acceptors (Lipinski definition) is 4. The van der Waals surface area contributed by atoms with Crippen LogP contribution in [0.3, 0.4) is 0 Å². The fourth-order valence-corrected chi connectivity index (χ4v) is 5.19. The largest absolute Gasteiger partial charge is 0.324 e. The zero-order valence-electron chi connectivity index (χ0n) is 18.0. The lowest BCUT2D eigenvalue weighted by Crippen LogP contribution is -2.50. The van der Waals surface area contributed by atoms with Gasteiger partial charge in [-0.2, -0.15) is 4.31 Å². The highest BCUT2D eigenvalue weighted by atomic mass is 32.2. The summed E-state index contributed by atoms with van der Waals surface area (Å²) >= 11 is 0. The number of nitrogens with one attached hydrogen (secondary N) is 1. The summed E-state index contributed by atoms with van der Waals surface area (Å²) in [5.74, 6) is -0.0551. The number of para-hydroxylation sites is 1. The van der Waals surface area contributed by atoms with Crippen LogP contribution in [0.4, 0.5) is 5.69 Å². The highest BCUT2D eigenvalue weighted by Crippen LogP contribution is 2.23. The Hall–Kier alpha value is -2.22. The summed E-state index contributed by atoms with van der Waals surface area (Å²) in [6.45, 7) is 8.20. The van der Waals surface area contributed by atoms with Crippen LogP contribution in [0.2, 0.25) is 0 Å². The van der Waals surface area contributed by atoms with E-state index in [1.807, 2.05) is 42.2 Å². The van der Waals surface area contributed by atoms with Crippen LogP contribution >= 0.6 is 0 Å². The standard InChI is InChI=1S/C23H31N3O3S/c1-4-19-7-6-8-20(5-2)23(19)24-22(27)17-25-13-15-26(16-14-25)30(28,29)21-11-9-18(3)10-12-21/h6-12H,4-5,13-17H2,1-3H3,(H,24,27). The van der Waals surface area contributed by atoms with Crippen LogP contribution in [0.1, 0.15) is 30.5 Å². The van der Waals surface area contributed by atoms with Crippen molar-refractivity contribution in [1.82, 2.24) is 9.21 Å². The van der Waals surface area contributed by atoms with Gasteiger partial charge in [-0.25, -0.2) is 8.42 Å². The molecule has 1 heterocycles. The van der Waals surface area contributed by atoms with Gasteiger partial charge in [0.25, 0.3) is 0 Å². The molecule has 30 heavy (non-hydrogen) atoms. The first-order valence-corrected chi connectivity index (χ1v) is 12.0. The van der Waals surface area contributed by atoms with Gasteiger partial charge in [0, 0.05) is 31.9 Å². The first kappa shape index (κ1) is 22.5. The average molecular weight is 430 g/mol. The van der Waals surface area contributed by atoms with Crippen molar-refractivity contribution in [2.45, 2.75) is 38.5 Å². The number of hydrogen-bond donors (Lipinski definition) is 1. The Kier molecular flexibility index (Phi) is 7.28. The van der Waals surface area contributed by atoms with Gasteiger partial charge in [-0.1, -0.05) is 49.7 Å². The monoisotopic (exact) mass is 429 g/mol. The minimum absolute atomic E-state index is 0.0551. The minimum atomic E-state index is -3.49. The van der Waals surface area contributed by atoms with E-state index in [9.17, 15) is 13.2 Å². The minimum Gasteiger partial charge on any atom is -0.324 e. The van der Waals surface area contributed by atoms with Gasteiger partial charge in [0.05, 0.1) is 11.4 Å². The van der Waals surface area contributed by atoms with Crippen molar-refractivity contribution < 1.29 is 13.2 Å². The summed E-state index contributed by atoms with van der Waals surface area (Å²) in [4.78, 5) is 15.0. The van der Waals surface area contributed by atoms with Crippen molar-refractivity contribution in [2.24, 2.45) is 0 Å². The van der Waals surface area contributed by atoms with Crippen LogP contribution < -0.4 is 5.32 Å². The molecule has 0 bridgehead atoms. The molecule has 0 aliphatic carbocycles. The molecule has 162 valence electrons.